The number of hydrogen-bond acceptors (Lipinski definition) is 6. The molecule has 0 unspecified atom stereocenters. The molecule has 2 heterocycles. The number of ether oxygens (including phenoxy) is 1. The molecule has 31 heavy (non-hydrogen) atoms. The van der Waals surface area contributed by atoms with Crippen molar-refractivity contribution in [3.8, 4) is 11.1 Å². The average molecular weight is 462 g/mol. The van der Waals surface area contributed by atoms with Crippen LogP contribution in [-0.2, 0) is 11.3 Å². The van der Waals surface area contributed by atoms with Crippen molar-refractivity contribution >= 4 is 33.2 Å². The van der Waals surface area contributed by atoms with Crippen LogP contribution in [0.3, 0.4) is 0 Å². The summed E-state index contributed by atoms with van der Waals surface area (Å²) in [7, 11) is 0. The Labute approximate surface area is 190 Å². The maximum atomic E-state index is 12.9. The van der Waals surface area contributed by atoms with E-state index in [4.69, 9.17) is 21.3 Å². The highest BCUT2D eigenvalue weighted by molar-refractivity contribution is 7.17. The lowest BCUT2D eigenvalue weighted by Gasteiger charge is -2.27. The summed E-state index contributed by atoms with van der Waals surface area (Å²) >= 11 is 7.46. The average Bonchev–Trinajstić information content (AvgIpc) is 3.46. The molecule has 3 aromatic rings. The largest absolute Gasteiger partial charge is 0.389 e. The van der Waals surface area contributed by atoms with E-state index < -0.39 is 6.10 Å². The summed E-state index contributed by atoms with van der Waals surface area (Å²) in [5, 5.41) is 13.7. The van der Waals surface area contributed by atoms with Gasteiger partial charge in [-0.25, -0.2) is 4.98 Å². The molecule has 4 rings (SSSR count). The van der Waals surface area contributed by atoms with Crippen LogP contribution < -0.4 is 5.56 Å². The molecule has 8 heteroatoms. The topological polar surface area (TPSA) is 78.5 Å². The number of aliphatic hydroxyl groups excluding tert-OH is 1. The highest BCUT2D eigenvalue weighted by Gasteiger charge is 2.31. The van der Waals surface area contributed by atoms with E-state index in [1.165, 1.54) is 11.3 Å². The molecule has 0 aliphatic heterocycles. The van der Waals surface area contributed by atoms with Crippen LogP contribution in [0.4, 0.5) is 0 Å². The van der Waals surface area contributed by atoms with Crippen molar-refractivity contribution in [2.24, 2.45) is 0 Å². The number of aliphatic hydroxyl groups is 1. The Morgan fingerprint density at radius 2 is 2.03 bits per heavy atom. The predicted molar refractivity (Wildman–Crippen MR) is 126 cm³/mol. The fraction of sp³-hybridized carbons (Fsp3) is 0.478. The number of hydrogen-bond donors (Lipinski definition) is 2. The van der Waals surface area contributed by atoms with Gasteiger partial charge >= 0.3 is 0 Å². The van der Waals surface area contributed by atoms with Gasteiger partial charge < -0.3 is 14.8 Å². The molecule has 0 amide bonds. The Bertz CT molecular complexity index is 1100. The van der Waals surface area contributed by atoms with Crippen molar-refractivity contribution in [3.63, 3.8) is 0 Å². The van der Waals surface area contributed by atoms with Crippen LogP contribution in [0.25, 0.3) is 21.3 Å². The van der Waals surface area contributed by atoms with Crippen LogP contribution in [0.5, 0.6) is 0 Å². The third kappa shape index (κ3) is 5.73. The van der Waals surface area contributed by atoms with E-state index >= 15 is 0 Å². The first-order valence-electron chi connectivity index (χ1n) is 10.5. The lowest BCUT2D eigenvalue weighted by Crippen LogP contribution is -2.38. The van der Waals surface area contributed by atoms with Crippen LogP contribution in [0.2, 0.25) is 5.02 Å². The van der Waals surface area contributed by atoms with Gasteiger partial charge in [-0.15, -0.1) is 11.3 Å². The van der Waals surface area contributed by atoms with Gasteiger partial charge in [0.05, 0.1) is 30.2 Å². The number of H-pyrrole nitrogens is 1. The van der Waals surface area contributed by atoms with Crippen molar-refractivity contribution in [1.82, 2.24) is 14.9 Å². The van der Waals surface area contributed by atoms with Crippen LogP contribution in [-0.4, -0.2) is 50.9 Å². The van der Waals surface area contributed by atoms with E-state index in [9.17, 15) is 9.90 Å². The highest BCUT2D eigenvalue weighted by Crippen LogP contribution is 2.32. The number of nitrogens with one attached hydrogen (secondary N) is 1. The normalized spacial score (nSPS) is 15.7. The zero-order valence-electron chi connectivity index (χ0n) is 18.0. The molecule has 1 aliphatic rings. The van der Waals surface area contributed by atoms with E-state index in [0.717, 1.165) is 28.8 Å². The van der Waals surface area contributed by atoms with Gasteiger partial charge in [-0.1, -0.05) is 23.7 Å². The summed E-state index contributed by atoms with van der Waals surface area (Å²) in [6.45, 7) is 7.19. The first-order chi connectivity index (χ1) is 14.7. The number of fused-ring (bicyclic) bond motifs is 1. The summed E-state index contributed by atoms with van der Waals surface area (Å²) in [5.41, 5.74) is 1.38. The molecule has 0 spiro atoms. The Morgan fingerprint density at radius 3 is 2.68 bits per heavy atom. The lowest BCUT2D eigenvalue weighted by molar-refractivity contribution is -0.0574. The maximum absolute atomic E-state index is 12.9. The number of nitrogens with zero attached hydrogens (tertiary/aromatic N) is 2. The minimum Gasteiger partial charge on any atom is -0.389 e. The number of rotatable bonds is 8. The van der Waals surface area contributed by atoms with Gasteiger partial charge in [0.2, 0.25) is 0 Å². The molecule has 1 atom stereocenters. The molecule has 1 fully saturated rings. The number of aromatic nitrogens is 2. The van der Waals surface area contributed by atoms with Crippen LogP contribution in [0, 0.1) is 0 Å². The summed E-state index contributed by atoms with van der Waals surface area (Å²) in [5.74, 6) is 0.623. The predicted octanol–water partition coefficient (Wildman–Crippen LogP) is 4.45. The standard InChI is InChI=1S/C23H28ClN3O3S/c1-23(2,3)30-12-17(28)10-27(16-8-9-16)11-19-25-21(29)20-18(13-31-22(20)26-19)14-4-6-15(24)7-5-14/h4-7,13,16-17,28H,8-12H2,1-3H3,(H,25,26,29)/t17-/m0/s1. The summed E-state index contributed by atoms with van der Waals surface area (Å²) in [6, 6.07) is 7.87. The summed E-state index contributed by atoms with van der Waals surface area (Å²) in [6.07, 6.45) is 1.60. The minimum absolute atomic E-state index is 0.140. The molecule has 0 saturated heterocycles. The minimum atomic E-state index is -0.589. The Hall–Kier alpha value is -1.77. The third-order valence-corrected chi connectivity index (χ3v) is 6.34. The van der Waals surface area contributed by atoms with Gasteiger partial charge in [-0.2, -0.15) is 0 Å². The first-order valence-corrected chi connectivity index (χ1v) is 11.8. The lowest BCUT2D eigenvalue weighted by atomic mass is 10.1. The van der Waals surface area contributed by atoms with Gasteiger partial charge in [0, 0.05) is 28.6 Å². The molecule has 2 N–H and O–H groups in total. The number of thiophene rings is 1. The van der Waals surface area contributed by atoms with Crippen LogP contribution in [0.15, 0.2) is 34.4 Å². The SMILES string of the molecule is CC(C)(C)OC[C@@H](O)CN(Cc1nc2scc(-c3ccc(Cl)cc3)c2c(=O)[nH]1)C1CC1. The van der Waals surface area contributed by atoms with Crippen molar-refractivity contribution in [1.29, 1.82) is 0 Å². The quantitative estimate of drug-likeness (QED) is 0.518. The van der Waals surface area contributed by atoms with E-state index in [1.54, 1.807) is 0 Å². The smallest absolute Gasteiger partial charge is 0.260 e. The van der Waals surface area contributed by atoms with Crippen molar-refractivity contribution in [3.05, 3.63) is 50.8 Å². The van der Waals surface area contributed by atoms with Crippen molar-refractivity contribution in [2.45, 2.75) is 57.9 Å². The number of aromatic amines is 1. The first kappa shape index (κ1) is 22.4. The zero-order valence-corrected chi connectivity index (χ0v) is 19.6. The van der Waals surface area contributed by atoms with Crippen molar-refractivity contribution < 1.29 is 9.84 Å². The highest BCUT2D eigenvalue weighted by atomic mass is 35.5. The summed E-state index contributed by atoms with van der Waals surface area (Å²) < 4.78 is 5.71. The van der Waals surface area contributed by atoms with Gasteiger partial charge in [-0.05, 0) is 51.3 Å². The monoisotopic (exact) mass is 461 g/mol. The van der Waals surface area contributed by atoms with Crippen LogP contribution >= 0.6 is 22.9 Å². The Morgan fingerprint density at radius 1 is 1.32 bits per heavy atom. The number of halogens is 1. The van der Waals surface area contributed by atoms with Crippen molar-refractivity contribution in [2.75, 3.05) is 13.2 Å². The second kappa shape index (κ2) is 9.00. The van der Waals surface area contributed by atoms with E-state index in [-0.39, 0.29) is 17.8 Å². The van der Waals surface area contributed by atoms with Gasteiger partial charge in [0.15, 0.2) is 0 Å². The van der Waals surface area contributed by atoms with Gasteiger partial charge in [0.25, 0.3) is 5.56 Å². The molecular weight excluding hydrogens is 434 g/mol. The second-order valence-corrected chi connectivity index (χ2v) is 10.4. The molecule has 166 valence electrons. The fourth-order valence-electron chi connectivity index (χ4n) is 3.55. The molecule has 1 saturated carbocycles. The molecule has 0 radical (unpaired) electrons. The third-order valence-electron chi connectivity index (χ3n) is 5.22. The number of benzene rings is 1. The maximum Gasteiger partial charge on any atom is 0.260 e. The Kier molecular flexibility index (Phi) is 6.51. The zero-order chi connectivity index (χ0) is 22.2. The molecule has 0 bridgehead atoms. The molecule has 1 aliphatic carbocycles. The molecular formula is C23H28ClN3O3S. The Balaban J connectivity index is 1.52. The van der Waals surface area contributed by atoms with Crippen LogP contribution in [0.1, 0.15) is 39.4 Å². The molecule has 2 aromatic heterocycles. The van der Waals surface area contributed by atoms with Gasteiger partial charge in [-0.3, -0.25) is 9.69 Å². The molecule has 6 nitrogen and oxygen atoms in total. The van der Waals surface area contributed by atoms with E-state index in [2.05, 4.69) is 9.88 Å². The second-order valence-electron chi connectivity index (χ2n) is 9.09. The van der Waals surface area contributed by atoms with E-state index in [0.29, 0.717) is 35.4 Å². The summed E-state index contributed by atoms with van der Waals surface area (Å²) in [4.78, 5) is 23.5. The fourth-order valence-corrected chi connectivity index (χ4v) is 4.65. The van der Waals surface area contributed by atoms with E-state index in [1.807, 2.05) is 50.4 Å². The molecule has 1 aromatic carbocycles. The van der Waals surface area contributed by atoms with Gasteiger partial charge in [0.1, 0.15) is 10.7 Å².